The summed E-state index contributed by atoms with van der Waals surface area (Å²) in [5.74, 6) is 1.82. The summed E-state index contributed by atoms with van der Waals surface area (Å²) in [6.45, 7) is 2.93. The van der Waals surface area contributed by atoms with Crippen molar-refractivity contribution in [3.63, 3.8) is 0 Å². The summed E-state index contributed by atoms with van der Waals surface area (Å²) in [5.41, 5.74) is 2.11. The minimum Gasteiger partial charge on any atom is -0.306 e. The summed E-state index contributed by atoms with van der Waals surface area (Å²) in [5, 5.41) is 9.62. The van der Waals surface area contributed by atoms with Gasteiger partial charge in [0.05, 0.1) is 9.79 Å². The Balaban J connectivity index is 1.47. The van der Waals surface area contributed by atoms with E-state index < -0.39 is 9.84 Å². The van der Waals surface area contributed by atoms with E-state index in [9.17, 15) is 8.42 Å². The molecule has 0 amide bonds. The average Bonchev–Trinajstić information content (AvgIpc) is 2.93. The number of benzene rings is 2. The first kappa shape index (κ1) is 19.2. The molecule has 0 spiro atoms. The number of hydrogen-bond donors (Lipinski definition) is 0. The van der Waals surface area contributed by atoms with E-state index in [0.717, 1.165) is 40.8 Å². The van der Waals surface area contributed by atoms with Crippen molar-refractivity contribution in [2.24, 2.45) is 0 Å². The van der Waals surface area contributed by atoms with Crippen molar-refractivity contribution < 1.29 is 8.42 Å². The molecule has 28 heavy (non-hydrogen) atoms. The van der Waals surface area contributed by atoms with Crippen LogP contribution in [0.1, 0.15) is 36.2 Å². The fourth-order valence-electron chi connectivity index (χ4n) is 3.33. The molecule has 2 aromatic carbocycles. The fourth-order valence-corrected chi connectivity index (χ4v) is 5.53. The molecule has 2 heterocycles. The minimum absolute atomic E-state index is 0.321. The molecule has 0 saturated carbocycles. The molecular weight excluding hydrogens is 390 g/mol. The third-order valence-corrected chi connectivity index (χ3v) is 7.83. The summed E-state index contributed by atoms with van der Waals surface area (Å²) < 4.78 is 27.8. The van der Waals surface area contributed by atoms with Gasteiger partial charge >= 0.3 is 0 Å². The molecule has 0 unspecified atom stereocenters. The van der Waals surface area contributed by atoms with Gasteiger partial charge in [-0.3, -0.25) is 0 Å². The Labute approximate surface area is 170 Å². The Hall–Kier alpha value is -2.12. The second-order valence-corrected chi connectivity index (χ2v) is 10.0. The largest absolute Gasteiger partial charge is 0.306 e. The highest BCUT2D eigenvalue weighted by Crippen LogP contribution is 2.26. The Kier molecular flexibility index (Phi) is 5.55. The lowest BCUT2D eigenvalue weighted by Crippen LogP contribution is -2.03. The Morgan fingerprint density at radius 2 is 1.61 bits per heavy atom. The van der Waals surface area contributed by atoms with Crippen LogP contribution in [0.5, 0.6) is 0 Å². The van der Waals surface area contributed by atoms with Crippen molar-refractivity contribution in [2.75, 3.05) is 0 Å². The van der Waals surface area contributed by atoms with Gasteiger partial charge in [0.1, 0.15) is 5.82 Å². The highest BCUT2D eigenvalue weighted by Gasteiger charge is 2.18. The van der Waals surface area contributed by atoms with Crippen LogP contribution in [0.25, 0.3) is 0 Å². The summed E-state index contributed by atoms with van der Waals surface area (Å²) in [6, 6.07) is 14.1. The van der Waals surface area contributed by atoms with Crippen LogP contribution in [0.2, 0.25) is 0 Å². The van der Waals surface area contributed by atoms with Crippen LogP contribution in [0.15, 0.2) is 63.5 Å². The molecule has 1 aliphatic rings. The number of aryl methyl sites for hydroxylation is 2. The van der Waals surface area contributed by atoms with Crippen LogP contribution < -0.4 is 0 Å². The zero-order chi connectivity index (χ0) is 19.6. The van der Waals surface area contributed by atoms with E-state index in [2.05, 4.69) is 14.8 Å². The number of rotatable bonds is 5. The quantitative estimate of drug-likeness (QED) is 0.579. The van der Waals surface area contributed by atoms with E-state index in [1.54, 1.807) is 36.0 Å². The molecule has 146 valence electrons. The van der Waals surface area contributed by atoms with Crippen molar-refractivity contribution in [1.29, 1.82) is 0 Å². The van der Waals surface area contributed by atoms with Gasteiger partial charge in [0.15, 0.2) is 5.16 Å². The molecule has 0 bridgehead atoms. The van der Waals surface area contributed by atoms with E-state index in [4.69, 9.17) is 0 Å². The highest BCUT2D eigenvalue weighted by atomic mass is 32.2. The maximum atomic E-state index is 12.8. The molecular formula is C21H23N3O2S2. The van der Waals surface area contributed by atoms with E-state index in [1.807, 2.05) is 31.2 Å². The van der Waals surface area contributed by atoms with Gasteiger partial charge in [-0.15, -0.1) is 10.2 Å². The first-order valence-corrected chi connectivity index (χ1v) is 12.0. The number of aromatic nitrogens is 3. The highest BCUT2D eigenvalue weighted by molar-refractivity contribution is 7.98. The van der Waals surface area contributed by atoms with Crippen molar-refractivity contribution >= 4 is 21.6 Å². The molecule has 5 nitrogen and oxygen atoms in total. The number of hydrogen-bond acceptors (Lipinski definition) is 5. The van der Waals surface area contributed by atoms with Gasteiger partial charge in [0.2, 0.25) is 9.84 Å². The molecule has 0 N–H and O–H groups in total. The second-order valence-electron chi connectivity index (χ2n) is 7.11. The molecule has 0 aliphatic carbocycles. The summed E-state index contributed by atoms with van der Waals surface area (Å²) >= 11 is 1.66. The maximum absolute atomic E-state index is 12.8. The Bertz CT molecular complexity index is 1060. The molecule has 1 aromatic heterocycles. The monoisotopic (exact) mass is 413 g/mol. The lowest BCUT2D eigenvalue weighted by Gasteiger charge is -2.08. The van der Waals surface area contributed by atoms with Crippen molar-refractivity contribution in [2.45, 2.75) is 59.9 Å². The Morgan fingerprint density at radius 3 is 2.32 bits per heavy atom. The summed E-state index contributed by atoms with van der Waals surface area (Å²) in [6.07, 6.45) is 4.59. The number of fused-ring (bicyclic) bond motifs is 1. The lowest BCUT2D eigenvalue weighted by molar-refractivity contribution is 0.591. The summed E-state index contributed by atoms with van der Waals surface area (Å²) in [4.78, 5) is 0.646. The van der Waals surface area contributed by atoms with Crippen LogP contribution in [-0.4, -0.2) is 23.2 Å². The normalized spacial score (nSPS) is 14.5. The molecule has 0 saturated heterocycles. The van der Waals surface area contributed by atoms with E-state index >= 15 is 0 Å². The molecule has 3 aromatic rings. The van der Waals surface area contributed by atoms with Crippen LogP contribution in [-0.2, 0) is 28.6 Å². The van der Waals surface area contributed by atoms with Crippen molar-refractivity contribution in [1.82, 2.24) is 14.8 Å². The maximum Gasteiger partial charge on any atom is 0.206 e. The first-order chi connectivity index (χ1) is 13.5. The van der Waals surface area contributed by atoms with Gasteiger partial charge < -0.3 is 4.57 Å². The third kappa shape index (κ3) is 4.00. The zero-order valence-corrected chi connectivity index (χ0v) is 17.5. The first-order valence-electron chi connectivity index (χ1n) is 9.49. The standard InChI is InChI=1S/C21H23N3O2S2/c1-16-6-10-18(11-7-16)28(25,26)19-12-8-17(9-13-19)15-27-21-23-22-20-5-3-2-4-14-24(20)21/h6-13H,2-5,14-15H2,1H3. The van der Waals surface area contributed by atoms with Gasteiger partial charge in [0, 0.05) is 18.7 Å². The number of thioether (sulfide) groups is 1. The second kappa shape index (κ2) is 8.09. The molecule has 0 radical (unpaired) electrons. The van der Waals surface area contributed by atoms with Crippen molar-refractivity contribution in [3.8, 4) is 0 Å². The topological polar surface area (TPSA) is 64.8 Å². The van der Waals surface area contributed by atoms with Gasteiger partial charge in [-0.05, 0) is 49.6 Å². The molecule has 0 atom stereocenters. The Morgan fingerprint density at radius 1 is 0.929 bits per heavy atom. The van der Waals surface area contributed by atoms with Gasteiger partial charge in [0.25, 0.3) is 0 Å². The summed E-state index contributed by atoms with van der Waals surface area (Å²) in [7, 11) is -3.48. The van der Waals surface area contributed by atoms with Gasteiger partial charge in [-0.2, -0.15) is 0 Å². The predicted octanol–water partition coefficient (Wildman–Crippen LogP) is 4.44. The van der Waals surface area contributed by atoms with Crippen LogP contribution in [0, 0.1) is 6.92 Å². The smallest absolute Gasteiger partial charge is 0.206 e. The SMILES string of the molecule is Cc1ccc(S(=O)(=O)c2ccc(CSc3nnc4n3CCCCC4)cc2)cc1. The van der Waals surface area contributed by atoms with Crippen molar-refractivity contribution in [3.05, 3.63) is 65.5 Å². The molecule has 0 fully saturated rings. The van der Waals surface area contributed by atoms with E-state index in [1.165, 1.54) is 19.3 Å². The van der Waals surface area contributed by atoms with Gasteiger partial charge in [-0.25, -0.2) is 8.42 Å². The van der Waals surface area contributed by atoms with Crippen LogP contribution >= 0.6 is 11.8 Å². The van der Waals surface area contributed by atoms with Crippen LogP contribution in [0.4, 0.5) is 0 Å². The van der Waals surface area contributed by atoms with Crippen LogP contribution in [0.3, 0.4) is 0 Å². The zero-order valence-electron chi connectivity index (χ0n) is 15.8. The molecule has 4 rings (SSSR count). The van der Waals surface area contributed by atoms with E-state index in [0.29, 0.717) is 9.79 Å². The van der Waals surface area contributed by atoms with E-state index in [-0.39, 0.29) is 0 Å². The predicted molar refractivity (Wildman–Crippen MR) is 110 cm³/mol. The third-order valence-electron chi connectivity index (χ3n) is 5.01. The number of sulfone groups is 1. The molecule has 1 aliphatic heterocycles. The minimum atomic E-state index is -3.48. The lowest BCUT2D eigenvalue weighted by atomic mass is 10.2. The number of nitrogens with zero attached hydrogens (tertiary/aromatic N) is 3. The van der Waals surface area contributed by atoms with Gasteiger partial charge in [-0.1, -0.05) is 48.0 Å². The molecule has 7 heteroatoms. The fraction of sp³-hybridized carbons (Fsp3) is 0.333. The average molecular weight is 414 g/mol.